The number of benzene rings is 2. The van der Waals surface area contributed by atoms with Crippen LogP contribution in [0.25, 0.3) is 0 Å². The van der Waals surface area contributed by atoms with Crippen LogP contribution in [0.1, 0.15) is 49.9 Å². The van der Waals surface area contributed by atoms with E-state index in [1.54, 1.807) is 0 Å². The topological polar surface area (TPSA) is 6.48 Å². The van der Waals surface area contributed by atoms with Crippen LogP contribution < -0.4 is 9.80 Å². The second kappa shape index (κ2) is 6.40. The summed E-state index contributed by atoms with van der Waals surface area (Å²) in [5.41, 5.74) is 8.40. The fourth-order valence-electron chi connectivity index (χ4n) is 3.82. The highest BCUT2D eigenvalue weighted by Gasteiger charge is 2.30. The Morgan fingerprint density at radius 3 is 1.88 bits per heavy atom. The zero-order chi connectivity index (χ0) is 18.4. The van der Waals surface area contributed by atoms with Crippen LogP contribution in [-0.2, 0) is 5.41 Å². The number of aryl methyl sites for hydroxylation is 3. The molecule has 0 spiro atoms. The standard InChI is InChI=1S/C23H32N2/c1-16-8-9-17(2)21(14-16)24-12-13-25(19(24)4)22-15-20(23(5,6)7)11-10-18(22)3/h8-11,14-15,19H,12-13H2,1-7H3. The first-order valence-electron chi connectivity index (χ1n) is 9.40. The molecule has 3 rings (SSSR count). The van der Waals surface area contributed by atoms with Gasteiger partial charge in [0.15, 0.2) is 0 Å². The third-order valence-corrected chi connectivity index (χ3v) is 5.54. The van der Waals surface area contributed by atoms with Gasteiger partial charge in [-0.15, -0.1) is 0 Å². The van der Waals surface area contributed by atoms with Crippen molar-refractivity contribution in [2.24, 2.45) is 0 Å². The van der Waals surface area contributed by atoms with Gasteiger partial charge in [-0.3, -0.25) is 0 Å². The van der Waals surface area contributed by atoms with Crippen molar-refractivity contribution in [3.63, 3.8) is 0 Å². The maximum atomic E-state index is 2.56. The van der Waals surface area contributed by atoms with Crippen molar-refractivity contribution in [1.82, 2.24) is 0 Å². The van der Waals surface area contributed by atoms with E-state index in [0.717, 1.165) is 13.1 Å². The van der Waals surface area contributed by atoms with Gasteiger partial charge in [0.25, 0.3) is 0 Å². The Labute approximate surface area is 153 Å². The van der Waals surface area contributed by atoms with E-state index >= 15 is 0 Å². The predicted octanol–water partition coefficient (Wildman–Crippen LogP) is 5.58. The molecule has 0 N–H and O–H groups in total. The monoisotopic (exact) mass is 336 g/mol. The van der Waals surface area contributed by atoms with E-state index < -0.39 is 0 Å². The van der Waals surface area contributed by atoms with Crippen LogP contribution in [0.15, 0.2) is 36.4 Å². The van der Waals surface area contributed by atoms with Crippen LogP contribution in [0.2, 0.25) is 0 Å². The predicted molar refractivity (Wildman–Crippen MR) is 110 cm³/mol. The van der Waals surface area contributed by atoms with Crippen LogP contribution in [0.4, 0.5) is 11.4 Å². The second-order valence-electron chi connectivity index (χ2n) is 8.56. The van der Waals surface area contributed by atoms with E-state index in [1.165, 1.54) is 33.6 Å². The van der Waals surface area contributed by atoms with E-state index in [4.69, 9.17) is 0 Å². The fraction of sp³-hybridized carbons (Fsp3) is 0.478. The molecule has 2 aromatic carbocycles. The molecule has 134 valence electrons. The van der Waals surface area contributed by atoms with Crippen molar-refractivity contribution in [3.8, 4) is 0 Å². The minimum Gasteiger partial charge on any atom is -0.349 e. The molecule has 1 heterocycles. The summed E-state index contributed by atoms with van der Waals surface area (Å²) in [6, 6.07) is 13.7. The van der Waals surface area contributed by atoms with Gasteiger partial charge in [-0.05, 0) is 67.5 Å². The molecule has 1 saturated heterocycles. The highest BCUT2D eigenvalue weighted by molar-refractivity contribution is 5.63. The smallest absolute Gasteiger partial charge is 0.0988 e. The minimum atomic E-state index is 0.179. The van der Waals surface area contributed by atoms with Gasteiger partial charge in [-0.2, -0.15) is 0 Å². The molecule has 1 unspecified atom stereocenters. The number of hydrogen-bond donors (Lipinski definition) is 0. The summed E-state index contributed by atoms with van der Waals surface area (Å²) in [6.07, 6.45) is 0.370. The van der Waals surface area contributed by atoms with Crippen molar-refractivity contribution < 1.29 is 0 Å². The number of hydrogen-bond acceptors (Lipinski definition) is 2. The summed E-state index contributed by atoms with van der Waals surface area (Å²) in [4.78, 5) is 5.11. The Bertz CT molecular complexity index is 770. The summed E-state index contributed by atoms with van der Waals surface area (Å²) in [7, 11) is 0. The third kappa shape index (κ3) is 3.40. The number of anilines is 2. The lowest BCUT2D eigenvalue weighted by Gasteiger charge is -2.32. The zero-order valence-electron chi connectivity index (χ0n) is 16.9. The van der Waals surface area contributed by atoms with E-state index in [9.17, 15) is 0 Å². The molecule has 0 bridgehead atoms. The molecule has 2 heteroatoms. The highest BCUT2D eigenvalue weighted by Crippen LogP contribution is 2.34. The normalized spacial score (nSPS) is 18.1. The van der Waals surface area contributed by atoms with Crippen molar-refractivity contribution in [2.45, 2.75) is 60.0 Å². The van der Waals surface area contributed by atoms with Crippen molar-refractivity contribution >= 4 is 11.4 Å². The Balaban J connectivity index is 1.95. The van der Waals surface area contributed by atoms with E-state index in [1.807, 2.05) is 0 Å². The van der Waals surface area contributed by atoms with Gasteiger partial charge in [0, 0.05) is 24.5 Å². The SMILES string of the molecule is Cc1ccc(C)c(N2CCN(c3cc(C(C)(C)C)ccc3C)C2C)c1. The van der Waals surface area contributed by atoms with E-state index in [0.29, 0.717) is 6.17 Å². The maximum Gasteiger partial charge on any atom is 0.0988 e. The number of rotatable bonds is 2. The summed E-state index contributed by atoms with van der Waals surface area (Å²) < 4.78 is 0. The second-order valence-corrected chi connectivity index (χ2v) is 8.56. The van der Waals surface area contributed by atoms with Crippen LogP contribution in [0, 0.1) is 20.8 Å². The molecular formula is C23H32N2. The third-order valence-electron chi connectivity index (χ3n) is 5.54. The van der Waals surface area contributed by atoms with Gasteiger partial charge >= 0.3 is 0 Å². The molecule has 1 atom stereocenters. The van der Waals surface area contributed by atoms with Crippen molar-refractivity contribution in [3.05, 3.63) is 58.7 Å². The lowest BCUT2D eigenvalue weighted by molar-refractivity contribution is 0.589. The van der Waals surface area contributed by atoms with Gasteiger partial charge in [0.1, 0.15) is 0 Å². The molecule has 2 nitrogen and oxygen atoms in total. The largest absolute Gasteiger partial charge is 0.349 e. The summed E-state index contributed by atoms with van der Waals surface area (Å²) in [5, 5.41) is 0. The molecule has 2 aromatic rings. The quantitative estimate of drug-likeness (QED) is 0.706. The molecule has 1 fully saturated rings. The van der Waals surface area contributed by atoms with Gasteiger partial charge in [-0.25, -0.2) is 0 Å². The molecule has 25 heavy (non-hydrogen) atoms. The van der Waals surface area contributed by atoms with Gasteiger partial charge in [0.2, 0.25) is 0 Å². The van der Waals surface area contributed by atoms with Crippen molar-refractivity contribution in [1.29, 1.82) is 0 Å². The first-order chi connectivity index (χ1) is 11.7. The first kappa shape index (κ1) is 17.8. The van der Waals surface area contributed by atoms with Crippen LogP contribution in [0.3, 0.4) is 0 Å². The zero-order valence-corrected chi connectivity index (χ0v) is 16.9. The summed E-state index contributed by atoms with van der Waals surface area (Å²) in [6.45, 7) is 18.0. The molecule has 0 radical (unpaired) electrons. The first-order valence-corrected chi connectivity index (χ1v) is 9.40. The summed E-state index contributed by atoms with van der Waals surface area (Å²) >= 11 is 0. The Morgan fingerprint density at radius 2 is 1.32 bits per heavy atom. The average Bonchev–Trinajstić information content (AvgIpc) is 2.90. The van der Waals surface area contributed by atoms with Gasteiger partial charge in [0.05, 0.1) is 6.17 Å². The average molecular weight is 337 g/mol. The lowest BCUT2D eigenvalue weighted by Crippen LogP contribution is -2.37. The number of nitrogens with zero attached hydrogens (tertiary/aromatic N) is 2. The molecule has 0 amide bonds. The maximum absolute atomic E-state index is 2.56. The van der Waals surface area contributed by atoms with Gasteiger partial charge < -0.3 is 9.80 Å². The molecule has 1 aliphatic rings. The van der Waals surface area contributed by atoms with Crippen LogP contribution in [-0.4, -0.2) is 19.3 Å². The van der Waals surface area contributed by atoms with E-state index in [2.05, 4.69) is 94.7 Å². The highest BCUT2D eigenvalue weighted by atomic mass is 15.4. The Morgan fingerprint density at radius 1 is 0.800 bits per heavy atom. The van der Waals surface area contributed by atoms with Gasteiger partial charge in [-0.1, -0.05) is 45.0 Å². The Kier molecular flexibility index (Phi) is 4.57. The van der Waals surface area contributed by atoms with Crippen LogP contribution in [0.5, 0.6) is 0 Å². The molecule has 0 aliphatic carbocycles. The molecule has 0 saturated carbocycles. The molecule has 1 aliphatic heterocycles. The minimum absolute atomic E-state index is 0.179. The fourth-order valence-corrected chi connectivity index (χ4v) is 3.82. The van der Waals surface area contributed by atoms with Crippen LogP contribution >= 0.6 is 0 Å². The lowest BCUT2D eigenvalue weighted by atomic mass is 9.86. The Hall–Kier alpha value is -1.96. The summed E-state index contributed by atoms with van der Waals surface area (Å²) in [5.74, 6) is 0. The molecule has 0 aromatic heterocycles. The van der Waals surface area contributed by atoms with Crippen molar-refractivity contribution in [2.75, 3.05) is 22.9 Å². The van der Waals surface area contributed by atoms with E-state index in [-0.39, 0.29) is 5.41 Å². The molecular weight excluding hydrogens is 304 g/mol.